The Bertz CT molecular complexity index is 819. The molecular weight excluding hydrogens is 286 g/mol. The van der Waals surface area contributed by atoms with Gasteiger partial charge in [0.05, 0.1) is 31.0 Å². The quantitative estimate of drug-likeness (QED) is 0.782. The second-order valence-corrected chi connectivity index (χ2v) is 4.61. The first-order chi connectivity index (χ1) is 10.6. The SMILES string of the molecule is COc1ccc(-n2nc(C(=O)O)cc2-c2cn(C)cn2)cn1. The van der Waals surface area contributed by atoms with Crippen molar-refractivity contribution in [2.24, 2.45) is 7.05 Å². The van der Waals surface area contributed by atoms with Gasteiger partial charge in [0, 0.05) is 25.4 Å². The summed E-state index contributed by atoms with van der Waals surface area (Å²) < 4.78 is 8.29. The van der Waals surface area contributed by atoms with E-state index in [1.54, 1.807) is 35.4 Å². The van der Waals surface area contributed by atoms with Gasteiger partial charge in [-0.2, -0.15) is 5.10 Å². The molecular formula is C14H13N5O3. The Balaban J connectivity index is 2.14. The average molecular weight is 299 g/mol. The molecule has 22 heavy (non-hydrogen) atoms. The van der Waals surface area contributed by atoms with Crippen molar-refractivity contribution in [2.45, 2.75) is 0 Å². The van der Waals surface area contributed by atoms with E-state index in [0.717, 1.165) is 0 Å². The first-order valence-corrected chi connectivity index (χ1v) is 6.40. The third-order valence-corrected chi connectivity index (χ3v) is 3.07. The number of carboxylic acids is 1. The molecule has 0 unspecified atom stereocenters. The third kappa shape index (κ3) is 2.41. The molecule has 8 heteroatoms. The normalized spacial score (nSPS) is 10.6. The lowest BCUT2D eigenvalue weighted by atomic mass is 10.3. The van der Waals surface area contributed by atoms with Crippen LogP contribution in [0.2, 0.25) is 0 Å². The van der Waals surface area contributed by atoms with Crippen LogP contribution in [0, 0.1) is 0 Å². The maximum atomic E-state index is 11.2. The number of carboxylic acid groups (broad SMARTS) is 1. The second-order valence-electron chi connectivity index (χ2n) is 4.61. The molecule has 0 aliphatic carbocycles. The fourth-order valence-corrected chi connectivity index (χ4v) is 2.03. The van der Waals surface area contributed by atoms with Gasteiger partial charge in [-0.3, -0.25) is 0 Å². The molecule has 0 saturated carbocycles. The lowest BCUT2D eigenvalue weighted by Crippen LogP contribution is -2.03. The van der Waals surface area contributed by atoms with Crippen molar-refractivity contribution in [1.29, 1.82) is 0 Å². The largest absolute Gasteiger partial charge is 0.481 e. The van der Waals surface area contributed by atoms with Crippen molar-refractivity contribution in [1.82, 2.24) is 24.3 Å². The number of carbonyl (C=O) groups is 1. The van der Waals surface area contributed by atoms with E-state index in [1.165, 1.54) is 17.9 Å². The lowest BCUT2D eigenvalue weighted by molar-refractivity contribution is 0.0690. The van der Waals surface area contributed by atoms with Crippen molar-refractivity contribution in [3.05, 3.63) is 42.6 Å². The lowest BCUT2D eigenvalue weighted by Gasteiger charge is -2.06. The number of rotatable bonds is 4. The van der Waals surface area contributed by atoms with Crippen LogP contribution in [0.4, 0.5) is 0 Å². The Hall–Kier alpha value is -3.16. The van der Waals surface area contributed by atoms with Crippen LogP contribution in [-0.2, 0) is 7.05 Å². The number of aryl methyl sites for hydroxylation is 1. The summed E-state index contributed by atoms with van der Waals surface area (Å²) in [5.41, 5.74) is 1.76. The zero-order valence-electron chi connectivity index (χ0n) is 12.0. The number of methoxy groups -OCH3 is 1. The molecule has 3 aromatic heterocycles. The first-order valence-electron chi connectivity index (χ1n) is 6.40. The Kier molecular flexibility index (Phi) is 3.34. The zero-order chi connectivity index (χ0) is 15.7. The molecule has 112 valence electrons. The van der Waals surface area contributed by atoms with Gasteiger partial charge in [0.2, 0.25) is 5.88 Å². The van der Waals surface area contributed by atoms with E-state index in [4.69, 9.17) is 9.84 Å². The van der Waals surface area contributed by atoms with E-state index >= 15 is 0 Å². The van der Waals surface area contributed by atoms with Crippen LogP contribution in [0.3, 0.4) is 0 Å². The molecule has 0 aliphatic rings. The van der Waals surface area contributed by atoms with Crippen LogP contribution >= 0.6 is 0 Å². The third-order valence-electron chi connectivity index (χ3n) is 3.07. The summed E-state index contributed by atoms with van der Waals surface area (Å²) >= 11 is 0. The van der Waals surface area contributed by atoms with Gasteiger partial charge >= 0.3 is 5.97 Å². The topological polar surface area (TPSA) is 95.1 Å². The molecule has 3 rings (SSSR count). The maximum absolute atomic E-state index is 11.2. The van der Waals surface area contributed by atoms with Gasteiger partial charge in [-0.1, -0.05) is 0 Å². The number of hydrogen-bond acceptors (Lipinski definition) is 5. The highest BCUT2D eigenvalue weighted by atomic mass is 16.5. The molecule has 0 saturated heterocycles. The van der Waals surface area contributed by atoms with E-state index in [2.05, 4.69) is 15.1 Å². The molecule has 0 radical (unpaired) electrons. The Labute approximate surface area is 125 Å². The maximum Gasteiger partial charge on any atom is 0.356 e. The van der Waals surface area contributed by atoms with Gasteiger partial charge in [-0.25, -0.2) is 19.4 Å². The molecule has 0 fully saturated rings. The highest BCUT2D eigenvalue weighted by Gasteiger charge is 2.17. The van der Waals surface area contributed by atoms with Crippen LogP contribution in [0.15, 0.2) is 36.9 Å². The molecule has 8 nitrogen and oxygen atoms in total. The molecule has 0 amide bonds. The average Bonchev–Trinajstić information content (AvgIpc) is 3.13. The minimum Gasteiger partial charge on any atom is -0.481 e. The van der Waals surface area contributed by atoms with Crippen molar-refractivity contribution in [2.75, 3.05) is 7.11 Å². The molecule has 0 aromatic carbocycles. The summed E-state index contributed by atoms with van der Waals surface area (Å²) in [5.74, 6) is -0.633. The van der Waals surface area contributed by atoms with Crippen LogP contribution in [0.5, 0.6) is 5.88 Å². The minimum absolute atomic E-state index is 0.0588. The van der Waals surface area contributed by atoms with Crippen molar-refractivity contribution < 1.29 is 14.6 Å². The monoisotopic (exact) mass is 299 g/mol. The van der Waals surface area contributed by atoms with Gasteiger partial charge in [-0.15, -0.1) is 0 Å². The number of nitrogens with zero attached hydrogens (tertiary/aromatic N) is 5. The van der Waals surface area contributed by atoms with E-state index in [1.807, 2.05) is 7.05 Å². The summed E-state index contributed by atoms with van der Waals surface area (Å²) in [4.78, 5) is 19.6. The van der Waals surface area contributed by atoms with Gasteiger partial charge in [0.15, 0.2) is 5.69 Å². The molecule has 0 bridgehead atoms. The fourth-order valence-electron chi connectivity index (χ4n) is 2.03. The fraction of sp³-hybridized carbons (Fsp3) is 0.143. The van der Waals surface area contributed by atoms with Crippen LogP contribution in [0.1, 0.15) is 10.5 Å². The van der Waals surface area contributed by atoms with Crippen molar-refractivity contribution >= 4 is 5.97 Å². The molecule has 0 atom stereocenters. The summed E-state index contributed by atoms with van der Waals surface area (Å²) in [5, 5.41) is 13.3. The van der Waals surface area contributed by atoms with Crippen molar-refractivity contribution in [3.8, 4) is 23.0 Å². The van der Waals surface area contributed by atoms with Crippen LogP contribution < -0.4 is 4.74 Å². The molecule has 0 spiro atoms. The van der Waals surface area contributed by atoms with E-state index < -0.39 is 5.97 Å². The Morgan fingerprint density at radius 1 is 1.32 bits per heavy atom. The Morgan fingerprint density at radius 3 is 2.68 bits per heavy atom. The first kappa shape index (κ1) is 13.8. The van der Waals surface area contributed by atoms with E-state index in [-0.39, 0.29) is 5.69 Å². The Morgan fingerprint density at radius 2 is 2.14 bits per heavy atom. The predicted octanol–water partition coefficient (Wildman–Crippen LogP) is 1.37. The van der Waals surface area contributed by atoms with Gasteiger partial charge in [-0.05, 0) is 6.07 Å². The zero-order valence-corrected chi connectivity index (χ0v) is 12.0. The van der Waals surface area contributed by atoms with Crippen molar-refractivity contribution in [3.63, 3.8) is 0 Å². The van der Waals surface area contributed by atoms with E-state index in [9.17, 15) is 4.79 Å². The highest BCUT2D eigenvalue weighted by molar-refractivity contribution is 5.87. The predicted molar refractivity (Wildman–Crippen MR) is 77.1 cm³/mol. The van der Waals surface area contributed by atoms with Gasteiger partial charge < -0.3 is 14.4 Å². The highest BCUT2D eigenvalue weighted by Crippen LogP contribution is 2.23. The number of imidazole rings is 1. The van der Waals surface area contributed by atoms with Gasteiger partial charge in [0.25, 0.3) is 0 Å². The number of pyridine rings is 1. The van der Waals surface area contributed by atoms with Crippen LogP contribution in [0.25, 0.3) is 17.1 Å². The molecule has 0 aliphatic heterocycles. The minimum atomic E-state index is -1.10. The molecule has 3 heterocycles. The smallest absolute Gasteiger partial charge is 0.356 e. The summed E-state index contributed by atoms with van der Waals surface area (Å²) in [7, 11) is 3.36. The number of aromatic nitrogens is 5. The number of aromatic carboxylic acids is 1. The van der Waals surface area contributed by atoms with Crippen LogP contribution in [-0.4, -0.2) is 42.5 Å². The molecule has 3 aromatic rings. The summed E-state index contributed by atoms with van der Waals surface area (Å²) in [6.07, 6.45) is 4.99. The second kappa shape index (κ2) is 5.32. The summed E-state index contributed by atoms with van der Waals surface area (Å²) in [6, 6.07) is 4.91. The van der Waals surface area contributed by atoms with E-state index in [0.29, 0.717) is 23.0 Å². The summed E-state index contributed by atoms with van der Waals surface area (Å²) in [6.45, 7) is 0. The number of ether oxygens (including phenoxy) is 1. The number of hydrogen-bond donors (Lipinski definition) is 1. The standard InChI is InChI=1S/C14H13N5O3/c1-18-7-11(16-8-18)12-5-10(14(20)21)17-19(12)9-3-4-13(22-2)15-6-9/h3-8H,1-2H3,(H,20,21). The molecule has 1 N–H and O–H groups in total. The van der Waals surface area contributed by atoms with Gasteiger partial charge in [0.1, 0.15) is 5.69 Å².